The average molecular weight is 431 g/mol. The lowest BCUT2D eigenvalue weighted by atomic mass is 9.60. The van der Waals surface area contributed by atoms with Crippen LogP contribution in [-0.4, -0.2) is 43.8 Å². The van der Waals surface area contributed by atoms with E-state index in [-0.39, 0.29) is 0 Å². The van der Waals surface area contributed by atoms with Crippen LogP contribution in [0.5, 0.6) is 0 Å². The predicted molar refractivity (Wildman–Crippen MR) is 122 cm³/mol. The van der Waals surface area contributed by atoms with E-state index in [2.05, 4.69) is 37.5 Å². The van der Waals surface area contributed by atoms with Gasteiger partial charge in [-0.1, -0.05) is 29.8 Å². The highest BCUT2D eigenvalue weighted by Crippen LogP contribution is 2.49. The number of hydrogen-bond donors (Lipinski definition) is 1. The third-order valence-corrected chi connectivity index (χ3v) is 6.71. The molecule has 4 aromatic rings. The van der Waals surface area contributed by atoms with Crippen molar-refractivity contribution >= 4 is 28.3 Å². The molecule has 1 N–H and O–H groups in total. The van der Waals surface area contributed by atoms with Crippen molar-refractivity contribution in [2.45, 2.75) is 25.4 Å². The summed E-state index contributed by atoms with van der Waals surface area (Å²) in [5.41, 5.74) is 3.67. The van der Waals surface area contributed by atoms with Crippen molar-refractivity contribution in [1.29, 1.82) is 0 Å². The molecule has 0 atom stereocenters. The molecule has 1 saturated carbocycles. The molecule has 0 bridgehead atoms. The van der Waals surface area contributed by atoms with Crippen LogP contribution in [-0.2, 0) is 6.54 Å². The molecule has 6 nitrogen and oxygen atoms in total. The predicted octanol–water partition coefficient (Wildman–Crippen LogP) is 4.55. The minimum Gasteiger partial charge on any atom is -0.367 e. The van der Waals surface area contributed by atoms with E-state index in [1.54, 1.807) is 6.33 Å². The summed E-state index contributed by atoms with van der Waals surface area (Å²) in [6.07, 6.45) is 8.10. The largest absolute Gasteiger partial charge is 0.367 e. The number of fused-ring (bicyclic) bond motifs is 1. The zero-order chi connectivity index (χ0) is 20.8. The van der Waals surface area contributed by atoms with Gasteiger partial charge in [0.2, 0.25) is 0 Å². The molecule has 7 heteroatoms. The standard InChI is InChI=1S/C24H23ClN6/c25-18-4-3-5-20(8-18)31-13-17(11-28-31)12-30-14-24(15-30)9-19(10-24)29-23-21-6-1-2-7-22(21)26-16-27-23/h1-8,11,13,16,19H,9-10,12,14-15H2,(H,26,27,29). The van der Waals surface area contributed by atoms with Gasteiger partial charge in [0.1, 0.15) is 12.1 Å². The highest BCUT2D eigenvalue weighted by Gasteiger charge is 2.52. The second-order valence-corrected chi connectivity index (χ2v) is 9.34. The Bertz CT molecular complexity index is 1230. The number of para-hydroxylation sites is 1. The average Bonchev–Trinajstić information content (AvgIpc) is 3.19. The van der Waals surface area contributed by atoms with Crippen LogP contribution < -0.4 is 5.32 Å². The fourth-order valence-electron chi connectivity index (χ4n) is 5.13. The number of aromatic nitrogens is 4. The lowest BCUT2D eigenvalue weighted by Gasteiger charge is -2.59. The number of halogens is 1. The third kappa shape index (κ3) is 3.56. The van der Waals surface area contributed by atoms with Gasteiger partial charge in [-0.05, 0) is 48.6 Å². The molecule has 2 aromatic carbocycles. The molecule has 156 valence electrons. The molecule has 0 unspecified atom stereocenters. The Hall–Kier alpha value is -2.96. The first-order valence-electron chi connectivity index (χ1n) is 10.6. The van der Waals surface area contributed by atoms with Crippen molar-refractivity contribution in [2.75, 3.05) is 18.4 Å². The molecule has 3 heterocycles. The van der Waals surface area contributed by atoms with Gasteiger partial charge in [-0.15, -0.1) is 0 Å². The van der Waals surface area contributed by atoms with Crippen molar-refractivity contribution in [3.05, 3.63) is 77.8 Å². The van der Waals surface area contributed by atoms with Crippen molar-refractivity contribution in [2.24, 2.45) is 5.41 Å². The Kier molecular flexibility index (Phi) is 4.44. The van der Waals surface area contributed by atoms with E-state index in [0.717, 1.165) is 47.1 Å². The van der Waals surface area contributed by atoms with Crippen LogP contribution in [0.2, 0.25) is 5.02 Å². The van der Waals surface area contributed by atoms with Gasteiger partial charge in [0.15, 0.2) is 0 Å². The van der Waals surface area contributed by atoms with E-state index in [0.29, 0.717) is 11.5 Å². The number of likely N-dealkylation sites (tertiary alicyclic amines) is 1. The van der Waals surface area contributed by atoms with Gasteiger partial charge < -0.3 is 5.32 Å². The minimum atomic E-state index is 0.462. The van der Waals surface area contributed by atoms with E-state index in [9.17, 15) is 0 Å². The summed E-state index contributed by atoms with van der Waals surface area (Å²) in [5.74, 6) is 0.954. The molecule has 2 aliphatic rings. The van der Waals surface area contributed by atoms with Crippen molar-refractivity contribution in [3.63, 3.8) is 0 Å². The number of nitrogens with zero attached hydrogens (tertiary/aromatic N) is 5. The highest BCUT2D eigenvalue weighted by atomic mass is 35.5. The molecule has 31 heavy (non-hydrogen) atoms. The first-order chi connectivity index (χ1) is 15.2. The van der Waals surface area contributed by atoms with E-state index < -0.39 is 0 Å². The summed E-state index contributed by atoms with van der Waals surface area (Å²) >= 11 is 6.10. The summed E-state index contributed by atoms with van der Waals surface area (Å²) in [6, 6.07) is 16.4. The number of anilines is 1. The molecule has 0 amide bonds. The molecule has 1 spiro atoms. The molecule has 1 aliphatic carbocycles. The van der Waals surface area contributed by atoms with Crippen LogP contribution in [0, 0.1) is 5.41 Å². The first-order valence-corrected chi connectivity index (χ1v) is 11.0. The lowest BCUT2D eigenvalue weighted by Crippen LogP contribution is -2.64. The van der Waals surface area contributed by atoms with Gasteiger partial charge in [0, 0.05) is 47.8 Å². The number of benzene rings is 2. The quantitative estimate of drug-likeness (QED) is 0.503. The lowest BCUT2D eigenvalue weighted by molar-refractivity contribution is -0.0712. The summed E-state index contributed by atoms with van der Waals surface area (Å²) in [7, 11) is 0. The van der Waals surface area contributed by atoms with Crippen LogP contribution in [0.25, 0.3) is 16.6 Å². The molecular formula is C24H23ClN6. The van der Waals surface area contributed by atoms with Crippen molar-refractivity contribution in [1.82, 2.24) is 24.6 Å². The fraction of sp³-hybridized carbons (Fsp3) is 0.292. The summed E-state index contributed by atoms with van der Waals surface area (Å²) in [6.45, 7) is 3.24. The molecule has 2 fully saturated rings. The molecular weight excluding hydrogens is 408 g/mol. The second-order valence-electron chi connectivity index (χ2n) is 8.91. The number of nitrogens with one attached hydrogen (secondary N) is 1. The Morgan fingerprint density at radius 2 is 1.94 bits per heavy atom. The number of rotatable bonds is 5. The van der Waals surface area contributed by atoms with E-state index in [1.807, 2.05) is 53.3 Å². The maximum Gasteiger partial charge on any atom is 0.137 e. The normalized spacial score (nSPS) is 18.1. The Morgan fingerprint density at radius 1 is 1.06 bits per heavy atom. The van der Waals surface area contributed by atoms with Gasteiger partial charge in [0.05, 0.1) is 17.4 Å². The van der Waals surface area contributed by atoms with Gasteiger partial charge >= 0.3 is 0 Å². The Labute approximate surface area is 185 Å². The van der Waals surface area contributed by atoms with Gasteiger partial charge in [-0.2, -0.15) is 5.10 Å². The minimum absolute atomic E-state index is 0.462. The second kappa shape index (κ2) is 7.32. The summed E-state index contributed by atoms with van der Waals surface area (Å²) < 4.78 is 1.89. The van der Waals surface area contributed by atoms with Crippen LogP contribution in [0.4, 0.5) is 5.82 Å². The smallest absolute Gasteiger partial charge is 0.137 e. The zero-order valence-corrected chi connectivity index (χ0v) is 17.8. The molecule has 2 aromatic heterocycles. The monoisotopic (exact) mass is 430 g/mol. The molecule has 1 saturated heterocycles. The fourth-order valence-corrected chi connectivity index (χ4v) is 5.32. The Balaban J connectivity index is 1.03. The zero-order valence-electron chi connectivity index (χ0n) is 17.1. The van der Waals surface area contributed by atoms with E-state index in [4.69, 9.17) is 11.6 Å². The Morgan fingerprint density at radius 3 is 2.81 bits per heavy atom. The first kappa shape index (κ1) is 18.8. The topological polar surface area (TPSA) is 58.9 Å². The van der Waals surface area contributed by atoms with Crippen molar-refractivity contribution in [3.8, 4) is 5.69 Å². The third-order valence-electron chi connectivity index (χ3n) is 6.48. The van der Waals surface area contributed by atoms with Crippen LogP contribution in [0.3, 0.4) is 0 Å². The molecule has 0 radical (unpaired) electrons. The summed E-state index contributed by atoms with van der Waals surface area (Å²) in [5, 5.41) is 9.96. The maximum absolute atomic E-state index is 6.10. The van der Waals surface area contributed by atoms with Gasteiger partial charge in [0.25, 0.3) is 0 Å². The number of hydrogen-bond acceptors (Lipinski definition) is 5. The highest BCUT2D eigenvalue weighted by molar-refractivity contribution is 6.30. The van der Waals surface area contributed by atoms with E-state index in [1.165, 1.54) is 18.4 Å². The van der Waals surface area contributed by atoms with E-state index >= 15 is 0 Å². The maximum atomic E-state index is 6.10. The molecule has 6 rings (SSSR count). The van der Waals surface area contributed by atoms with Crippen molar-refractivity contribution < 1.29 is 0 Å². The van der Waals surface area contributed by atoms with Crippen LogP contribution in [0.15, 0.2) is 67.3 Å². The van der Waals surface area contributed by atoms with Gasteiger partial charge in [-0.3, -0.25) is 4.90 Å². The molecule has 1 aliphatic heterocycles. The van der Waals surface area contributed by atoms with Gasteiger partial charge in [-0.25, -0.2) is 14.6 Å². The van der Waals surface area contributed by atoms with Crippen LogP contribution >= 0.6 is 11.6 Å². The SMILES string of the molecule is Clc1cccc(-n2cc(CN3CC4(CC(Nc5ncnc6ccccc56)C4)C3)cn2)c1. The van der Waals surface area contributed by atoms with Crippen LogP contribution in [0.1, 0.15) is 18.4 Å². The summed E-state index contributed by atoms with van der Waals surface area (Å²) in [4.78, 5) is 11.3.